The van der Waals surface area contributed by atoms with Crippen LogP contribution in [0.4, 0.5) is 4.39 Å². The lowest BCUT2D eigenvalue weighted by Gasteiger charge is -2.40. The second-order valence-corrected chi connectivity index (χ2v) is 14.0. The van der Waals surface area contributed by atoms with Crippen molar-refractivity contribution >= 4 is 21.8 Å². The van der Waals surface area contributed by atoms with Gasteiger partial charge in [-0.25, -0.2) is 12.8 Å². The molecule has 1 heterocycles. The third-order valence-corrected chi connectivity index (χ3v) is 9.31. The Morgan fingerprint density at radius 1 is 0.923 bits per heavy atom. The number of amides is 2. The summed E-state index contributed by atoms with van der Waals surface area (Å²) in [5.74, 6) is -0.519. The van der Waals surface area contributed by atoms with E-state index in [1.807, 2.05) is 32.6 Å². The molecule has 4 rings (SSSR count). The molecule has 0 spiro atoms. The molecule has 2 aromatic carbocycles. The quantitative estimate of drug-likeness (QED) is 0.446. The number of rotatable bonds is 9. The molecule has 39 heavy (non-hydrogen) atoms. The summed E-state index contributed by atoms with van der Waals surface area (Å²) < 4.78 is 42.0. The lowest BCUT2D eigenvalue weighted by molar-refractivity contribution is -0.138. The van der Waals surface area contributed by atoms with E-state index in [4.69, 9.17) is 0 Å². The monoisotopic (exact) mass is 557 g/mol. The number of sulfonamides is 1. The average Bonchev–Trinajstić information content (AvgIpc) is 3.71. The molecule has 2 fully saturated rings. The Bertz CT molecular complexity index is 1260. The molecule has 2 aromatic rings. The van der Waals surface area contributed by atoms with E-state index in [-0.39, 0.29) is 53.1 Å². The molecule has 0 aromatic heterocycles. The SMILES string of the molecule is Cc1ccc(S(=O)(=O)N(CC(=O)N(Cc2ccc(F)cc2)C2CCN(C(=O)CC(C)(C)C)CC2)C2CC2)cc1. The highest BCUT2D eigenvalue weighted by atomic mass is 32.2. The number of likely N-dealkylation sites (tertiary alicyclic amines) is 1. The smallest absolute Gasteiger partial charge is 0.243 e. The van der Waals surface area contributed by atoms with Crippen LogP contribution < -0.4 is 0 Å². The number of hydrogen-bond donors (Lipinski definition) is 0. The van der Waals surface area contributed by atoms with Crippen molar-refractivity contribution in [3.63, 3.8) is 0 Å². The van der Waals surface area contributed by atoms with E-state index < -0.39 is 10.0 Å². The van der Waals surface area contributed by atoms with Crippen molar-refractivity contribution in [3.8, 4) is 0 Å². The highest BCUT2D eigenvalue weighted by Crippen LogP contribution is 2.33. The molecule has 1 aliphatic carbocycles. The highest BCUT2D eigenvalue weighted by molar-refractivity contribution is 7.89. The van der Waals surface area contributed by atoms with Gasteiger partial charge in [-0.1, -0.05) is 50.6 Å². The van der Waals surface area contributed by atoms with Gasteiger partial charge in [-0.15, -0.1) is 0 Å². The summed E-state index contributed by atoms with van der Waals surface area (Å²) >= 11 is 0. The predicted octanol–water partition coefficient (Wildman–Crippen LogP) is 4.74. The number of nitrogens with zero attached hydrogens (tertiary/aromatic N) is 3. The van der Waals surface area contributed by atoms with E-state index in [0.29, 0.717) is 32.4 Å². The van der Waals surface area contributed by atoms with Gasteiger partial charge in [-0.2, -0.15) is 4.31 Å². The normalized spacial score (nSPS) is 16.9. The van der Waals surface area contributed by atoms with E-state index >= 15 is 0 Å². The fraction of sp³-hybridized carbons (Fsp3) is 0.533. The molecule has 0 bridgehead atoms. The first-order valence-electron chi connectivity index (χ1n) is 13.7. The molecule has 0 radical (unpaired) electrons. The van der Waals surface area contributed by atoms with Gasteiger partial charge in [0.1, 0.15) is 5.82 Å². The van der Waals surface area contributed by atoms with Crippen LogP contribution in [0.3, 0.4) is 0 Å². The zero-order valence-corrected chi connectivity index (χ0v) is 24.2. The van der Waals surface area contributed by atoms with Crippen molar-refractivity contribution in [2.45, 2.75) is 83.3 Å². The van der Waals surface area contributed by atoms with Crippen LogP contribution in [0.2, 0.25) is 0 Å². The summed E-state index contributed by atoms with van der Waals surface area (Å²) in [6.07, 6.45) is 3.13. The summed E-state index contributed by atoms with van der Waals surface area (Å²) in [7, 11) is -3.85. The highest BCUT2D eigenvalue weighted by Gasteiger charge is 2.41. The van der Waals surface area contributed by atoms with Crippen molar-refractivity contribution in [2.75, 3.05) is 19.6 Å². The Balaban J connectivity index is 1.53. The third-order valence-electron chi connectivity index (χ3n) is 7.40. The molecular formula is C30H40FN3O4S. The first-order chi connectivity index (χ1) is 18.3. The zero-order valence-electron chi connectivity index (χ0n) is 23.4. The fourth-order valence-electron chi connectivity index (χ4n) is 5.04. The molecule has 1 saturated carbocycles. The number of hydrogen-bond acceptors (Lipinski definition) is 4. The Hall–Kier alpha value is -2.78. The second-order valence-electron chi connectivity index (χ2n) is 12.1. The van der Waals surface area contributed by atoms with Crippen LogP contribution in [0.5, 0.6) is 0 Å². The molecule has 7 nitrogen and oxygen atoms in total. The number of carbonyl (C=O) groups excluding carboxylic acids is 2. The van der Waals surface area contributed by atoms with E-state index in [0.717, 1.165) is 24.0 Å². The molecule has 0 N–H and O–H groups in total. The van der Waals surface area contributed by atoms with Gasteiger partial charge in [-0.3, -0.25) is 9.59 Å². The Morgan fingerprint density at radius 2 is 1.51 bits per heavy atom. The number of benzene rings is 2. The van der Waals surface area contributed by atoms with Crippen molar-refractivity contribution < 1.29 is 22.4 Å². The van der Waals surface area contributed by atoms with Crippen LogP contribution in [0.25, 0.3) is 0 Å². The van der Waals surface area contributed by atoms with Gasteiger partial charge in [-0.05, 0) is 67.9 Å². The maximum Gasteiger partial charge on any atom is 0.243 e. The van der Waals surface area contributed by atoms with E-state index in [9.17, 15) is 22.4 Å². The topological polar surface area (TPSA) is 78.0 Å². The number of halogens is 1. The van der Waals surface area contributed by atoms with Gasteiger partial charge in [0, 0.05) is 38.1 Å². The van der Waals surface area contributed by atoms with Gasteiger partial charge in [0.15, 0.2) is 0 Å². The van der Waals surface area contributed by atoms with Gasteiger partial charge in [0.2, 0.25) is 21.8 Å². The van der Waals surface area contributed by atoms with Crippen LogP contribution in [0.1, 0.15) is 64.0 Å². The largest absolute Gasteiger partial charge is 0.343 e. The Labute approximate surface area is 232 Å². The third kappa shape index (κ3) is 7.66. The van der Waals surface area contributed by atoms with Gasteiger partial charge in [0.05, 0.1) is 11.4 Å². The van der Waals surface area contributed by atoms with Gasteiger partial charge < -0.3 is 9.80 Å². The van der Waals surface area contributed by atoms with Crippen LogP contribution in [-0.4, -0.2) is 66.1 Å². The summed E-state index contributed by atoms with van der Waals surface area (Å²) in [5.41, 5.74) is 1.63. The van der Waals surface area contributed by atoms with E-state index in [1.54, 1.807) is 41.3 Å². The van der Waals surface area contributed by atoms with Crippen LogP contribution in [-0.2, 0) is 26.2 Å². The maximum absolute atomic E-state index is 13.9. The van der Waals surface area contributed by atoms with Crippen LogP contribution >= 0.6 is 0 Å². The first kappa shape index (κ1) is 29.2. The summed E-state index contributed by atoms with van der Waals surface area (Å²) in [4.78, 5) is 30.4. The minimum atomic E-state index is -3.85. The predicted molar refractivity (Wildman–Crippen MR) is 149 cm³/mol. The van der Waals surface area contributed by atoms with Crippen LogP contribution in [0.15, 0.2) is 53.4 Å². The van der Waals surface area contributed by atoms with E-state index in [1.165, 1.54) is 16.4 Å². The number of aryl methyl sites for hydroxylation is 1. The number of carbonyl (C=O) groups is 2. The van der Waals surface area contributed by atoms with Crippen molar-refractivity contribution in [1.29, 1.82) is 0 Å². The van der Waals surface area contributed by atoms with Crippen molar-refractivity contribution in [3.05, 3.63) is 65.5 Å². The Kier molecular flexibility index (Phi) is 8.81. The fourth-order valence-corrected chi connectivity index (χ4v) is 6.68. The maximum atomic E-state index is 13.9. The minimum absolute atomic E-state index is 0.103. The van der Waals surface area contributed by atoms with E-state index in [2.05, 4.69) is 0 Å². The molecule has 0 unspecified atom stereocenters. The lowest BCUT2D eigenvalue weighted by atomic mass is 9.91. The van der Waals surface area contributed by atoms with Crippen molar-refractivity contribution in [2.24, 2.45) is 5.41 Å². The molecule has 212 valence electrons. The average molecular weight is 558 g/mol. The minimum Gasteiger partial charge on any atom is -0.343 e. The lowest BCUT2D eigenvalue weighted by Crippen LogP contribution is -2.51. The molecule has 2 aliphatic rings. The molecular weight excluding hydrogens is 517 g/mol. The first-order valence-corrected chi connectivity index (χ1v) is 15.2. The summed E-state index contributed by atoms with van der Waals surface area (Å²) in [6, 6.07) is 12.4. The standard InChI is InChI=1S/C30H40FN3O4S/c1-22-5-13-27(14-6-22)39(37,38)34(26-11-12-26)21-29(36)33(20-23-7-9-24(31)10-8-23)25-15-17-32(18-16-25)28(35)19-30(2,3)4/h5-10,13-14,25-26H,11-12,15-21H2,1-4H3. The molecule has 9 heteroatoms. The van der Waals surface area contributed by atoms with Crippen LogP contribution in [0, 0.1) is 18.2 Å². The molecule has 1 aliphatic heterocycles. The molecule has 1 saturated heterocycles. The zero-order chi connectivity index (χ0) is 28.4. The van der Waals surface area contributed by atoms with Gasteiger partial charge >= 0.3 is 0 Å². The Morgan fingerprint density at radius 3 is 2.05 bits per heavy atom. The van der Waals surface area contributed by atoms with Gasteiger partial charge in [0.25, 0.3) is 0 Å². The van der Waals surface area contributed by atoms with Crippen molar-refractivity contribution in [1.82, 2.24) is 14.1 Å². The summed E-state index contributed by atoms with van der Waals surface area (Å²) in [5, 5.41) is 0. The molecule has 2 amide bonds. The second kappa shape index (κ2) is 11.8. The molecule has 0 atom stereocenters. The number of piperidine rings is 1. The summed E-state index contributed by atoms with van der Waals surface area (Å²) in [6.45, 7) is 9.11.